The molecule has 5 heteroatoms. The van der Waals surface area contributed by atoms with Gasteiger partial charge < -0.3 is 10.1 Å². The van der Waals surface area contributed by atoms with E-state index < -0.39 is 5.82 Å². The Kier molecular flexibility index (Phi) is 4.58. The van der Waals surface area contributed by atoms with Crippen LogP contribution in [-0.4, -0.2) is 13.2 Å². The second kappa shape index (κ2) is 6.38. The molecule has 2 nitrogen and oxygen atoms in total. The Morgan fingerprint density at radius 1 is 1.00 bits per heavy atom. The molecule has 0 atom stereocenters. The number of ether oxygens (including phenoxy) is 1. The zero-order valence-electron chi connectivity index (χ0n) is 10.00. The van der Waals surface area contributed by atoms with Gasteiger partial charge in [-0.3, -0.25) is 0 Å². The minimum absolute atomic E-state index is 0.0134. The lowest BCUT2D eigenvalue weighted by molar-refractivity contribution is 0.315. The normalized spacial score (nSPS) is 10.3. The third-order valence-electron chi connectivity index (χ3n) is 2.46. The van der Waals surface area contributed by atoms with Crippen LogP contribution in [0.2, 0.25) is 5.02 Å². The van der Waals surface area contributed by atoms with Crippen LogP contribution in [0.1, 0.15) is 0 Å². The number of benzene rings is 2. The van der Waals surface area contributed by atoms with E-state index in [1.54, 1.807) is 24.3 Å². The van der Waals surface area contributed by atoms with Crippen LogP contribution in [0.5, 0.6) is 5.75 Å². The molecule has 0 fully saturated rings. The van der Waals surface area contributed by atoms with E-state index in [0.29, 0.717) is 12.2 Å². The fourth-order valence-corrected chi connectivity index (χ4v) is 1.78. The maximum absolute atomic E-state index is 13.4. The lowest BCUT2D eigenvalue weighted by Crippen LogP contribution is -2.13. The molecular weight excluding hydrogens is 272 g/mol. The summed E-state index contributed by atoms with van der Waals surface area (Å²) in [4.78, 5) is 0. The highest BCUT2D eigenvalue weighted by atomic mass is 35.5. The number of halogens is 3. The van der Waals surface area contributed by atoms with Gasteiger partial charge in [0.25, 0.3) is 0 Å². The first-order chi connectivity index (χ1) is 9.18. The number of rotatable bonds is 5. The first kappa shape index (κ1) is 13.6. The summed E-state index contributed by atoms with van der Waals surface area (Å²) in [5.74, 6) is -0.843. The highest BCUT2D eigenvalue weighted by molar-refractivity contribution is 6.32. The van der Waals surface area contributed by atoms with E-state index >= 15 is 0 Å². The Hall–Kier alpha value is -1.81. The van der Waals surface area contributed by atoms with Crippen molar-refractivity contribution in [1.29, 1.82) is 0 Å². The standard InChI is InChI=1S/C14H12ClF2NO/c15-10-4-3-6-12(17)14(10)19-9-8-18-13-7-2-1-5-11(13)16/h1-7,18H,8-9H2. The van der Waals surface area contributed by atoms with Crippen molar-refractivity contribution in [3.05, 3.63) is 59.1 Å². The molecule has 0 aliphatic carbocycles. The van der Waals surface area contributed by atoms with E-state index in [9.17, 15) is 8.78 Å². The molecule has 0 saturated heterocycles. The summed E-state index contributed by atoms with van der Waals surface area (Å²) in [5, 5.41) is 3.07. The largest absolute Gasteiger partial charge is 0.487 e. The lowest BCUT2D eigenvalue weighted by atomic mass is 10.3. The Morgan fingerprint density at radius 2 is 1.74 bits per heavy atom. The molecule has 0 aliphatic heterocycles. The number of hydrogen-bond acceptors (Lipinski definition) is 2. The zero-order valence-corrected chi connectivity index (χ0v) is 10.8. The van der Waals surface area contributed by atoms with Crippen LogP contribution in [-0.2, 0) is 0 Å². The Bertz CT molecular complexity index is 543. The third-order valence-corrected chi connectivity index (χ3v) is 2.75. The van der Waals surface area contributed by atoms with Crippen LogP contribution in [0, 0.1) is 11.6 Å². The Labute approximate surface area is 115 Å². The second-order valence-corrected chi connectivity index (χ2v) is 4.21. The lowest BCUT2D eigenvalue weighted by Gasteiger charge is -2.10. The Balaban J connectivity index is 1.86. The maximum Gasteiger partial charge on any atom is 0.173 e. The summed E-state index contributed by atoms with van der Waals surface area (Å²) in [7, 11) is 0. The molecule has 0 bridgehead atoms. The van der Waals surface area contributed by atoms with E-state index in [1.165, 1.54) is 18.2 Å². The van der Waals surface area contributed by atoms with Gasteiger partial charge in [0.05, 0.1) is 10.7 Å². The molecule has 0 radical (unpaired) electrons. The predicted octanol–water partition coefficient (Wildman–Crippen LogP) is 4.11. The number of para-hydroxylation sites is 2. The van der Waals surface area contributed by atoms with Gasteiger partial charge in [0.15, 0.2) is 11.6 Å². The van der Waals surface area contributed by atoms with Gasteiger partial charge in [-0.25, -0.2) is 8.78 Å². The average Bonchev–Trinajstić information content (AvgIpc) is 2.39. The number of nitrogens with one attached hydrogen (secondary N) is 1. The van der Waals surface area contributed by atoms with Crippen molar-refractivity contribution < 1.29 is 13.5 Å². The van der Waals surface area contributed by atoms with Crippen molar-refractivity contribution in [3.8, 4) is 5.75 Å². The molecule has 2 aromatic rings. The fourth-order valence-electron chi connectivity index (χ4n) is 1.56. The van der Waals surface area contributed by atoms with E-state index in [0.717, 1.165) is 0 Å². The van der Waals surface area contributed by atoms with Crippen LogP contribution >= 0.6 is 11.6 Å². The molecule has 1 N–H and O–H groups in total. The van der Waals surface area contributed by atoms with Crippen LogP contribution in [0.4, 0.5) is 14.5 Å². The minimum Gasteiger partial charge on any atom is -0.487 e. The second-order valence-electron chi connectivity index (χ2n) is 3.81. The van der Waals surface area contributed by atoms with Gasteiger partial charge in [-0.15, -0.1) is 0 Å². The Morgan fingerprint density at radius 3 is 2.47 bits per heavy atom. The van der Waals surface area contributed by atoms with Crippen molar-refractivity contribution in [3.63, 3.8) is 0 Å². The molecule has 0 saturated carbocycles. The van der Waals surface area contributed by atoms with Gasteiger partial charge in [-0.05, 0) is 24.3 Å². The summed E-state index contributed by atoms with van der Waals surface area (Å²) >= 11 is 5.81. The number of hydrogen-bond donors (Lipinski definition) is 1. The van der Waals surface area contributed by atoms with Gasteiger partial charge in [0, 0.05) is 6.54 Å². The molecule has 2 rings (SSSR count). The first-order valence-corrected chi connectivity index (χ1v) is 6.11. The van der Waals surface area contributed by atoms with Crippen molar-refractivity contribution in [2.45, 2.75) is 0 Å². The van der Waals surface area contributed by atoms with Crippen molar-refractivity contribution in [2.24, 2.45) is 0 Å². The van der Waals surface area contributed by atoms with Gasteiger partial charge in [0.2, 0.25) is 0 Å². The minimum atomic E-state index is -0.515. The molecule has 19 heavy (non-hydrogen) atoms. The van der Waals surface area contributed by atoms with E-state index in [-0.39, 0.29) is 23.2 Å². The van der Waals surface area contributed by atoms with E-state index in [2.05, 4.69) is 5.32 Å². The molecule has 0 spiro atoms. The molecule has 0 heterocycles. The first-order valence-electron chi connectivity index (χ1n) is 5.73. The topological polar surface area (TPSA) is 21.3 Å². The quantitative estimate of drug-likeness (QED) is 0.834. The molecule has 2 aromatic carbocycles. The van der Waals surface area contributed by atoms with Crippen molar-refractivity contribution in [2.75, 3.05) is 18.5 Å². The molecule has 0 unspecified atom stereocenters. The van der Waals surface area contributed by atoms with Crippen molar-refractivity contribution >= 4 is 17.3 Å². The predicted molar refractivity (Wildman–Crippen MR) is 71.8 cm³/mol. The third kappa shape index (κ3) is 3.58. The van der Waals surface area contributed by atoms with Gasteiger partial charge in [0.1, 0.15) is 12.4 Å². The molecule has 100 valence electrons. The van der Waals surface area contributed by atoms with Gasteiger partial charge >= 0.3 is 0 Å². The SMILES string of the molecule is Fc1ccccc1NCCOc1c(F)cccc1Cl. The van der Waals surface area contributed by atoms with Crippen molar-refractivity contribution in [1.82, 2.24) is 0 Å². The highest BCUT2D eigenvalue weighted by Gasteiger charge is 2.07. The van der Waals surface area contributed by atoms with Crippen LogP contribution < -0.4 is 10.1 Å². The van der Waals surface area contributed by atoms with E-state index in [1.807, 2.05) is 0 Å². The molecular formula is C14H12ClF2NO. The van der Waals surface area contributed by atoms with E-state index in [4.69, 9.17) is 16.3 Å². The zero-order chi connectivity index (χ0) is 13.7. The summed E-state index contributed by atoms with van der Waals surface area (Å²) in [5.41, 5.74) is 0.380. The summed E-state index contributed by atoms with van der Waals surface area (Å²) in [6, 6.07) is 10.6. The molecule has 0 aliphatic rings. The van der Waals surface area contributed by atoms with Gasteiger partial charge in [-0.1, -0.05) is 29.8 Å². The summed E-state index contributed by atoms with van der Waals surface area (Å²) in [6.07, 6.45) is 0. The van der Waals surface area contributed by atoms with Gasteiger partial charge in [-0.2, -0.15) is 0 Å². The smallest absolute Gasteiger partial charge is 0.173 e. The van der Waals surface area contributed by atoms with Crippen LogP contribution in [0.3, 0.4) is 0 Å². The van der Waals surface area contributed by atoms with Crippen LogP contribution in [0.15, 0.2) is 42.5 Å². The monoisotopic (exact) mass is 283 g/mol. The molecule has 0 amide bonds. The molecule has 0 aromatic heterocycles. The summed E-state index contributed by atoms with van der Waals surface area (Å²) < 4.78 is 31.9. The maximum atomic E-state index is 13.4. The van der Waals surface area contributed by atoms with Crippen LogP contribution in [0.25, 0.3) is 0 Å². The fraction of sp³-hybridized carbons (Fsp3) is 0.143. The summed E-state index contributed by atoms with van der Waals surface area (Å²) in [6.45, 7) is 0.514. The average molecular weight is 284 g/mol. The number of anilines is 1. The highest BCUT2D eigenvalue weighted by Crippen LogP contribution is 2.27.